The standard InChI is InChI=1S/C6H14N2O2.C6H4O2/c7-4-2-1-3-5(8)6(9)10;7-5-1-2-6(8)4-3-5/h5H,1-4,7-8H2,(H,9,10);1-4H. The van der Waals surface area contributed by atoms with Gasteiger partial charge in [-0.2, -0.15) is 0 Å². The number of nitrogens with two attached hydrogens (primary N) is 2. The van der Waals surface area contributed by atoms with Gasteiger partial charge >= 0.3 is 5.97 Å². The van der Waals surface area contributed by atoms with Crippen molar-refractivity contribution in [1.29, 1.82) is 0 Å². The van der Waals surface area contributed by atoms with Crippen LogP contribution in [-0.4, -0.2) is 35.2 Å². The fraction of sp³-hybridized carbons (Fsp3) is 0.417. The number of ketones is 2. The Hall–Kier alpha value is -1.79. The quantitative estimate of drug-likeness (QED) is 0.460. The molecule has 0 bridgehead atoms. The van der Waals surface area contributed by atoms with Crippen molar-refractivity contribution in [3.8, 4) is 0 Å². The fourth-order valence-electron chi connectivity index (χ4n) is 1.07. The van der Waals surface area contributed by atoms with Gasteiger partial charge in [0, 0.05) is 0 Å². The minimum absolute atomic E-state index is 0.121. The highest BCUT2D eigenvalue weighted by Gasteiger charge is 2.09. The highest BCUT2D eigenvalue weighted by Crippen LogP contribution is 1.97. The van der Waals surface area contributed by atoms with Crippen LogP contribution in [0.4, 0.5) is 0 Å². The molecular formula is C12H18N2O4. The number of rotatable bonds is 5. The molecule has 5 N–H and O–H groups in total. The predicted molar refractivity (Wildman–Crippen MR) is 66.8 cm³/mol. The number of carbonyl (C=O) groups excluding carboxylic acids is 2. The van der Waals surface area contributed by atoms with Crippen LogP contribution in [0, 0.1) is 0 Å². The fourth-order valence-corrected chi connectivity index (χ4v) is 1.07. The van der Waals surface area contributed by atoms with Crippen molar-refractivity contribution in [1.82, 2.24) is 0 Å². The van der Waals surface area contributed by atoms with Gasteiger partial charge in [-0.15, -0.1) is 0 Å². The van der Waals surface area contributed by atoms with Crippen LogP contribution in [-0.2, 0) is 14.4 Å². The van der Waals surface area contributed by atoms with Crippen molar-refractivity contribution >= 4 is 17.5 Å². The lowest BCUT2D eigenvalue weighted by Gasteiger charge is -2.03. The van der Waals surface area contributed by atoms with Gasteiger partial charge in [0.25, 0.3) is 0 Å². The lowest BCUT2D eigenvalue weighted by atomic mass is 10.1. The summed E-state index contributed by atoms with van der Waals surface area (Å²) in [5.41, 5.74) is 10.4. The summed E-state index contributed by atoms with van der Waals surface area (Å²) in [6, 6.07) is -0.716. The first-order valence-electron chi connectivity index (χ1n) is 5.60. The molecule has 6 heteroatoms. The van der Waals surface area contributed by atoms with Crippen LogP contribution >= 0.6 is 0 Å². The molecule has 0 heterocycles. The molecule has 1 rings (SSSR count). The number of unbranched alkanes of at least 4 members (excludes halogenated alkanes) is 1. The summed E-state index contributed by atoms with van der Waals surface area (Å²) in [5.74, 6) is -1.17. The van der Waals surface area contributed by atoms with Crippen LogP contribution in [0.3, 0.4) is 0 Å². The topological polar surface area (TPSA) is 123 Å². The number of aliphatic carboxylic acids is 1. The average molecular weight is 254 g/mol. The summed E-state index contributed by atoms with van der Waals surface area (Å²) in [7, 11) is 0. The lowest BCUT2D eigenvalue weighted by Crippen LogP contribution is -2.29. The van der Waals surface area contributed by atoms with Crippen molar-refractivity contribution in [3.63, 3.8) is 0 Å². The number of carbonyl (C=O) groups is 3. The van der Waals surface area contributed by atoms with Gasteiger partial charge in [0.05, 0.1) is 0 Å². The molecule has 0 aromatic rings. The molecule has 0 aromatic heterocycles. The van der Waals surface area contributed by atoms with E-state index in [1.807, 2.05) is 0 Å². The molecule has 1 aliphatic rings. The molecule has 0 radical (unpaired) electrons. The van der Waals surface area contributed by atoms with E-state index in [9.17, 15) is 14.4 Å². The molecule has 0 aliphatic heterocycles. The minimum Gasteiger partial charge on any atom is -0.480 e. The van der Waals surface area contributed by atoms with Crippen LogP contribution in [0.5, 0.6) is 0 Å². The zero-order valence-electron chi connectivity index (χ0n) is 10.0. The van der Waals surface area contributed by atoms with Gasteiger partial charge < -0.3 is 16.6 Å². The molecule has 0 spiro atoms. The Balaban J connectivity index is 0.000000327. The second-order valence-corrected chi connectivity index (χ2v) is 3.70. The Kier molecular flexibility index (Phi) is 8.34. The summed E-state index contributed by atoms with van der Waals surface area (Å²) in [4.78, 5) is 30.7. The molecule has 1 aliphatic carbocycles. The SMILES string of the molecule is NCCCCC(N)C(=O)O.O=C1C=CC(=O)C=C1. The van der Waals surface area contributed by atoms with E-state index in [1.165, 1.54) is 24.3 Å². The number of allylic oxidation sites excluding steroid dienone is 4. The van der Waals surface area contributed by atoms with E-state index >= 15 is 0 Å². The normalized spacial score (nSPS) is 15.0. The summed E-state index contributed by atoms with van der Waals surface area (Å²) < 4.78 is 0. The second kappa shape index (κ2) is 9.26. The number of carboxylic acids is 1. The molecule has 0 saturated carbocycles. The highest BCUT2D eigenvalue weighted by molar-refractivity contribution is 6.14. The lowest BCUT2D eigenvalue weighted by molar-refractivity contribution is -0.138. The Labute approximate surface area is 105 Å². The monoisotopic (exact) mass is 254 g/mol. The summed E-state index contributed by atoms with van der Waals surface area (Å²) in [5, 5.41) is 8.33. The Morgan fingerprint density at radius 2 is 1.56 bits per heavy atom. The average Bonchev–Trinajstić information content (AvgIpc) is 2.34. The Morgan fingerprint density at radius 1 is 1.11 bits per heavy atom. The summed E-state index contributed by atoms with van der Waals surface area (Å²) in [6.07, 6.45) is 7.17. The van der Waals surface area contributed by atoms with E-state index in [1.54, 1.807) is 0 Å². The van der Waals surface area contributed by atoms with Crippen molar-refractivity contribution in [2.75, 3.05) is 6.54 Å². The third-order valence-electron chi connectivity index (χ3n) is 2.11. The van der Waals surface area contributed by atoms with Gasteiger partial charge in [-0.25, -0.2) is 0 Å². The van der Waals surface area contributed by atoms with Gasteiger partial charge in [-0.05, 0) is 43.7 Å². The third kappa shape index (κ3) is 8.37. The van der Waals surface area contributed by atoms with Crippen LogP contribution in [0.1, 0.15) is 19.3 Å². The zero-order chi connectivity index (χ0) is 14.0. The molecule has 0 aromatic carbocycles. The van der Waals surface area contributed by atoms with Gasteiger partial charge in [0.15, 0.2) is 11.6 Å². The molecule has 1 atom stereocenters. The number of hydrogen-bond donors (Lipinski definition) is 3. The largest absolute Gasteiger partial charge is 0.480 e. The van der Waals surface area contributed by atoms with Crippen LogP contribution in [0.2, 0.25) is 0 Å². The Morgan fingerprint density at radius 3 is 1.89 bits per heavy atom. The molecule has 0 amide bonds. The van der Waals surface area contributed by atoms with Crippen molar-refractivity contribution < 1.29 is 19.5 Å². The van der Waals surface area contributed by atoms with Gasteiger partial charge in [0.2, 0.25) is 0 Å². The minimum atomic E-state index is -0.933. The van der Waals surface area contributed by atoms with E-state index < -0.39 is 12.0 Å². The van der Waals surface area contributed by atoms with Gasteiger partial charge in [0.1, 0.15) is 6.04 Å². The van der Waals surface area contributed by atoms with Crippen LogP contribution in [0.25, 0.3) is 0 Å². The first-order chi connectivity index (χ1) is 8.47. The van der Waals surface area contributed by atoms with E-state index in [2.05, 4.69) is 0 Å². The molecule has 0 fully saturated rings. The number of carboxylic acid groups (broad SMARTS) is 1. The first kappa shape index (κ1) is 16.2. The van der Waals surface area contributed by atoms with Gasteiger partial charge in [-0.1, -0.05) is 6.42 Å². The van der Waals surface area contributed by atoms with Crippen molar-refractivity contribution in [2.45, 2.75) is 25.3 Å². The van der Waals surface area contributed by atoms with Crippen LogP contribution < -0.4 is 11.5 Å². The summed E-state index contributed by atoms with van der Waals surface area (Å²) >= 11 is 0. The van der Waals surface area contributed by atoms with E-state index in [4.69, 9.17) is 16.6 Å². The van der Waals surface area contributed by atoms with E-state index in [-0.39, 0.29) is 11.6 Å². The molecule has 0 saturated heterocycles. The zero-order valence-corrected chi connectivity index (χ0v) is 10.0. The van der Waals surface area contributed by atoms with Gasteiger partial charge in [-0.3, -0.25) is 14.4 Å². The number of hydrogen-bond acceptors (Lipinski definition) is 5. The maximum atomic E-state index is 10.3. The van der Waals surface area contributed by atoms with E-state index in [0.29, 0.717) is 13.0 Å². The van der Waals surface area contributed by atoms with Crippen LogP contribution in [0.15, 0.2) is 24.3 Å². The smallest absolute Gasteiger partial charge is 0.320 e. The Bertz CT molecular complexity index is 323. The molecule has 1 unspecified atom stereocenters. The molecule has 18 heavy (non-hydrogen) atoms. The maximum absolute atomic E-state index is 10.3. The van der Waals surface area contributed by atoms with Crippen molar-refractivity contribution in [3.05, 3.63) is 24.3 Å². The second-order valence-electron chi connectivity index (χ2n) is 3.70. The van der Waals surface area contributed by atoms with E-state index in [0.717, 1.165) is 12.8 Å². The molecule has 100 valence electrons. The van der Waals surface area contributed by atoms with Crippen molar-refractivity contribution in [2.24, 2.45) is 11.5 Å². The predicted octanol–water partition coefficient (Wildman–Crippen LogP) is -0.222. The molecular weight excluding hydrogens is 236 g/mol. The molecule has 6 nitrogen and oxygen atoms in total. The highest BCUT2D eigenvalue weighted by atomic mass is 16.4. The summed E-state index contributed by atoms with van der Waals surface area (Å²) in [6.45, 7) is 0.604. The third-order valence-corrected chi connectivity index (χ3v) is 2.11. The maximum Gasteiger partial charge on any atom is 0.320 e. The first-order valence-corrected chi connectivity index (χ1v) is 5.60.